The number of aryl methyl sites for hydroxylation is 1. The van der Waals surface area contributed by atoms with E-state index in [-0.39, 0.29) is 5.34 Å². The lowest BCUT2D eigenvalue weighted by Gasteiger charge is -1.89. The van der Waals surface area contributed by atoms with Crippen molar-refractivity contribution in [2.75, 3.05) is 5.34 Å². The maximum Gasteiger partial charge on any atom is 0.0967 e. The Balaban J connectivity index is 0.000000292. The minimum Gasteiger partial charge on any atom is -0.109 e. The van der Waals surface area contributed by atoms with Gasteiger partial charge in [0.15, 0.2) is 0 Å². The van der Waals surface area contributed by atoms with Crippen LogP contribution in [0.5, 0.6) is 0 Å². The molecule has 1 aromatic carbocycles. The van der Waals surface area contributed by atoms with Crippen LogP contribution >= 0.6 is 23.2 Å². The summed E-state index contributed by atoms with van der Waals surface area (Å²) in [5.41, 5.74) is 1.41. The lowest BCUT2D eigenvalue weighted by molar-refractivity contribution is 1.14. The zero-order valence-corrected chi connectivity index (χ0v) is 8.07. The van der Waals surface area contributed by atoms with Crippen molar-refractivity contribution in [2.45, 2.75) is 13.3 Å². The van der Waals surface area contributed by atoms with E-state index in [1.165, 1.54) is 5.56 Å². The maximum absolute atomic E-state index is 4.76. The molecule has 0 N–H and O–H groups in total. The average molecular weight is 191 g/mol. The van der Waals surface area contributed by atoms with Gasteiger partial charge < -0.3 is 0 Å². The first-order chi connectivity index (χ1) is 5.35. The molecule has 2 heteroatoms. The molecule has 0 fully saturated rings. The highest BCUT2D eigenvalue weighted by Gasteiger charge is 1.79. The van der Waals surface area contributed by atoms with Crippen molar-refractivity contribution in [3.63, 3.8) is 0 Å². The van der Waals surface area contributed by atoms with Gasteiger partial charge in [-0.3, -0.25) is 0 Å². The first-order valence-corrected chi connectivity index (χ1v) is 4.57. The average Bonchev–Trinajstić information content (AvgIpc) is 2.08. The third-order valence-corrected chi connectivity index (χ3v) is 1.25. The predicted octanol–water partition coefficient (Wildman–Crippen LogP) is 3.67. The summed E-state index contributed by atoms with van der Waals surface area (Å²) in [5.74, 6) is 0. The van der Waals surface area contributed by atoms with Gasteiger partial charge in [-0.25, -0.2) is 0 Å². The van der Waals surface area contributed by atoms with E-state index in [4.69, 9.17) is 23.2 Å². The topological polar surface area (TPSA) is 0 Å². The van der Waals surface area contributed by atoms with Crippen LogP contribution in [0.25, 0.3) is 0 Å². The highest BCUT2D eigenvalue weighted by molar-refractivity contribution is 6.40. The van der Waals surface area contributed by atoms with E-state index in [1.807, 2.05) is 6.07 Å². The second-order valence-corrected chi connectivity index (χ2v) is 2.75. The van der Waals surface area contributed by atoms with Gasteiger partial charge in [-0.2, -0.15) is 0 Å². The highest BCUT2D eigenvalue weighted by atomic mass is 35.5. The van der Waals surface area contributed by atoms with Gasteiger partial charge in [0.05, 0.1) is 5.34 Å². The number of hydrogen-bond donors (Lipinski definition) is 0. The van der Waals surface area contributed by atoms with E-state index in [0.717, 1.165) is 6.42 Å². The normalized spacial score (nSPS) is 8.27. The van der Waals surface area contributed by atoms with Gasteiger partial charge in [-0.15, -0.1) is 23.2 Å². The standard InChI is InChI=1S/C8H10.CH2Cl2/c1-2-8-6-4-3-5-7-8;2-1-3/h3-7H,2H2,1H3;1H2. The van der Waals surface area contributed by atoms with E-state index in [9.17, 15) is 0 Å². The van der Waals surface area contributed by atoms with Crippen molar-refractivity contribution in [1.82, 2.24) is 0 Å². The quantitative estimate of drug-likeness (QED) is 0.594. The molecular weight excluding hydrogens is 179 g/mol. The molecule has 0 heterocycles. The summed E-state index contributed by atoms with van der Waals surface area (Å²) < 4.78 is 0. The zero-order valence-electron chi connectivity index (χ0n) is 6.56. The summed E-state index contributed by atoms with van der Waals surface area (Å²) in [4.78, 5) is 0. The minimum absolute atomic E-state index is 0.194. The fourth-order valence-corrected chi connectivity index (χ4v) is 0.714. The molecule has 0 radical (unpaired) electrons. The van der Waals surface area contributed by atoms with Crippen molar-refractivity contribution < 1.29 is 0 Å². The number of halogens is 2. The lowest BCUT2D eigenvalue weighted by atomic mass is 10.2. The smallest absolute Gasteiger partial charge is 0.0967 e. The Hall–Kier alpha value is -0.200. The Bertz CT molecular complexity index is 160. The van der Waals surface area contributed by atoms with Crippen LogP contribution in [0.15, 0.2) is 30.3 Å². The molecule has 0 amide bonds. The van der Waals surface area contributed by atoms with E-state index in [0.29, 0.717) is 0 Å². The van der Waals surface area contributed by atoms with Gasteiger partial charge in [0.25, 0.3) is 0 Å². The fraction of sp³-hybridized carbons (Fsp3) is 0.333. The molecule has 0 saturated carbocycles. The number of alkyl halides is 2. The molecule has 0 atom stereocenters. The monoisotopic (exact) mass is 190 g/mol. The second-order valence-electron chi connectivity index (χ2n) is 1.94. The summed E-state index contributed by atoms with van der Waals surface area (Å²) in [7, 11) is 0. The molecule has 0 aliphatic carbocycles. The molecule has 11 heavy (non-hydrogen) atoms. The minimum atomic E-state index is 0.194. The van der Waals surface area contributed by atoms with Crippen molar-refractivity contribution >= 4 is 23.2 Å². The van der Waals surface area contributed by atoms with E-state index < -0.39 is 0 Å². The van der Waals surface area contributed by atoms with Gasteiger partial charge in [0.1, 0.15) is 0 Å². The van der Waals surface area contributed by atoms with Gasteiger partial charge in [0, 0.05) is 0 Å². The van der Waals surface area contributed by atoms with Crippen LogP contribution < -0.4 is 0 Å². The summed E-state index contributed by atoms with van der Waals surface area (Å²) in [5, 5.41) is 0.194. The summed E-state index contributed by atoms with van der Waals surface area (Å²) in [6, 6.07) is 10.5. The molecule has 62 valence electrons. The lowest BCUT2D eigenvalue weighted by Crippen LogP contribution is -1.73. The first-order valence-electron chi connectivity index (χ1n) is 3.51. The Morgan fingerprint density at radius 1 is 1.09 bits per heavy atom. The number of benzene rings is 1. The molecule has 0 bridgehead atoms. The maximum atomic E-state index is 4.76. The van der Waals surface area contributed by atoms with E-state index >= 15 is 0 Å². The number of hydrogen-bond acceptors (Lipinski definition) is 0. The Kier molecular flexibility index (Phi) is 7.76. The van der Waals surface area contributed by atoms with Crippen molar-refractivity contribution in [1.29, 1.82) is 0 Å². The van der Waals surface area contributed by atoms with Crippen LogP contribution in [0.1, 0.15) is 12.5 Å². The molecule has 0 unspecified atom stereocenters. The van der Waals surface area contributed by atoms with Crippen LogP contribution in [-0.2, 0) is 6.42 Å². The fourth-order valence-electron chi connectivity index (χ4n) is 0.714. The van der Waals surface area contributed by atoms with Crippen LogP contribution in [0, 0.1) is 0 Å². The molecular formula is C9H12Cl2. The van der Waals surface area contributed by atoms with Crippen LogP contribution in [-0.4, -0.2) is 5.34 Å². The molecule has 0 aromatic heterocycles. The molecule has 1 aromatic rings. The molecule has 0 nitrogen and oxygen atoms in total. The van der Waals surface area contributed by atoms with Gasteiger partial charge in [0.2, 0.25) is 0 Å². The Morgan fingerprint density at radius 2 is 1.55 bits per heavy atom. The third-order valence-electron chi connectivity index (χ3n) is 1.25. The molecule has 0 spiro atoms. The summed E-state index contributed by atoms with van der Waals surface area (Å²) >= 11 is 9.53. The van der Waals surface area contributed by atoms with Crippen molar-refractivity contribution in [2.24, 2.45) is 0 Å². The third kappa shape index (κ3) is 6.21. The molecule has 1 rings (SSSR count). The van der Waals surface area contributed by atoms with Gasteiger partial charge >= 0.3 is 0 Å². The molecule has 0 aliphatic rings. The van der Waals surface area contributed by atoms with E-state index in [2.05, 4.69) is 31.2 Å². The van der Waals surface area contributed by atoms with Crippen LogP contribution in [0.4, 0.5) is 0 Å². The largest absolute Gasteiger partial charge is 0.109 e. The zero-order chi connectivity index (χ0) is 8.53. The predicted molar refractivity (Wildman–Crippen MR) is 52.4 cm³/mol. The second kappa shape index (κ2) is 7.90. The number of rotatable bonds is 1. The molecule has 0 aliphatic heterocycles. The molecule has 0 saturated heterocycles. The van der Waals surface area contributed by atoms with Crippen molar-refractivity contribution in [3.05, 3.63) is 35.9 Å². The van der Waals surface area contributed by atoms with Gasteiger partial charge in [-0.05, 0) is 12.0 Å². The summed E-state index contributed by atoms with van der Waals surface area (Å²) in [6.07, 6.45) is 1.14. The van der Waals surface area contributed by atoms with Gasteiger partial charge in [-0.1, -0.05) is 37.3 Å². The highest BCUT2D eigenvalue weighted by Crippen LogP contribution is 1.96. The van der Waals surface area contributed by atoms with Crippen LogP contribution in [0.3, 0.4) is 0 Å². The van der Waals surface area contributed by atoms with Crippen LogP contribution in [0.2, 0.25) is 0 Å². The Labute approximate surface area is 78.1 Å². The Morgan fingerprint density at radius 3 is 1.82 bits per heavy atom. The SMILES string of the molecule is CCc1ccccc1.ClCCl. The summed E-state index contributed by atoms with van der Waals surface area (Å²) in [6.45, 7) is 2.16. The first kappa shape index (κ1) is 10.8. The van der Waals surface area contributed by atoms with E-state index in [1.54, 1.807) is 0 Å². The van der Waals surface area contributed by atoms with Crippen molar-refractivity contribution in [3.8, 4) is 0 Å².